The molecule has 0 radical (unpaired) electrons. The van der Waals surface area contributed by atoms with Gasteiger partial charge in [0.25, 0.3) is 0 Å². The van der Waals surface area contributed by atoms with Crippen LogP contribution in [0.4, 0.5) is 0 Å². The van der Waals surface area contributed by atoms with Crippen LogP contribution in [-0.2, 0) is 14.1 Å². The number of carboxylic acid groups (broad SMARTS) is 1. The van der Waals surface area contributed by atoms with Crippen molar-refractivity contribution in [1.82, 2.24) is 5.32 Å². The van der Waals surface area contributed by atoms with E-state index in [1.807, 2.05) is 27.7 Å². The highest BCUT2D eigenvalue weighted by Gasteiger charge is 2.25. The van der Waals surface area contributed by atoms with Gasteiger partial charge in [0.2, 0.25) is 0 Å². The highest BCUT2D eigenvalue weighted by atomic mass is 31.2. The number of hydrogen-bond acceptors (Lipinski definition) is 6. The van der Waals surface area contributed by atoms with Gasteiger partial charge in [0.15, 0.2) is 8.38 Å². The van der Waals surface area contributed by atoms with E-state index in [2.05, 4.69) is 46.9 Å². The van der Waals surface area contributed by atoms with Gasteiger partial charge in [0, 0.05) is 12.1 Å². The summed E-state index contributed by atoms with van der Waals surface area (Å²) in [7, 11) is 0.223. The molecule has 0 rings (SSSR count). The third-order valence-corrected chi connectivity index (χ3v) is 5.67. The lowest BCUT2D eigenvalue weighted by molar-refractivity contribution is -0.140. The number of hydrogen-bond donors (Lipinski definition) is 4. The predicted octanol–water partition coefficient (Wildman–Crippen LogP) is 4.84. The molecule has 31 heavy (non-hydrogen) atoms. The van der Waals surface area contributed by atoms with Crippen molar-refractivity contribution in [3.63, 3.8) is 0 Å². The Labute approximate surface area is 192 Å². The van der Waals surface area contributed by atoms with E-state index in [0.717, 1.165) is 19.1 Å². The van der Waals surface area contributed by atoms with E-state index < -0.39 is 20.4 Å². The van der Waals surface area contributed by atoms with Crippen molar-refractivity contribution in [2.24, 2.45) is 17.3 Å². The number of aliphatic carboxylic acids is 1. The molecule has 0 amide bonds. The van der Waals surface area contributed by atoms with E-state index in [-0.39, 0.29) is 23.3 Å². The third-order valence-electron chi connectivity index (χ3n) is 4.11. The fourth-order valence-corrected chi connectivity index (χ4v) is 3.88. The molecule has 0 bridgehead atoms. The molecule has 0 saturated heterocycles. The van der Waals surface area contributed by atoms with Crippen LogP contribution in [0.25, 0.3) is 0 Å². The monoisotopic (exact) mass is 467 g/mol. The highest BCUT2D eigenvalue weighted by Crippen LogP contribution is 2.43. The Kier molecular flexibility index (Phi) is 20.2. The summed E-state index contributed by atoms with van der Waals surface area (Å²) < 4.78 is 5.63. The summed E-state index contributed by atoms with van der Waals surface area (Å²) in [4.78, 5) is 29.8. The summed E-state index contributed by atoms with van der Waals surface area (Å²) in [6.07, 6.45) is 3.82. The number of likely N-dealkylation sites (N-methyl/N-ethyl adjacent to an activating group) is 1. The van der Waals surface area contributed by atoms with Crippen LogP contribution >= 0.6 is 8.38 Å². The molecule has 0 aliphatic rings. The maximum absolute atomic E-state index is 10.2. The second-order valence-electron chi connectivity index (χ2n) is 10.3. The van der Waals surface area contributed by atoms with E-state index in [0.29, 0.717) is 18.3 Å². The van der Waals surface area contributed by atoms with Crippen molar-refractivity contribution in [2.45, 2.75) is 106 Å². The zero-order chi connectivity index (χ0) is 25.4. The Bertz CT molecular complexity index is 463. The van der Waals surface area contributed by atoms with Gasteiger partial charge in [-0.3, -0.25) is 4.79 Å². The Balaban J connectivity index is -0.000000392. The van der Waals surface area contributed by atoms with Crippen LogP contribution < -0.4 is 5.32 Å². The van der Waals surface area contributed by atoms with Gasteiger partial charge >= 0.3 is 5.97 Å². The van der Waals surface area contributed by atoms with Gasteiger partial charge in [-0.1, -0.05) is 55.4 Å². The van der Waals surface area contributed by atoms with Crippen LogP contribution in [0, 0.1) is 17.3 Å². The summed E-state index contributed by atoms with van der Waals surface area (Å²) in [6, 6.07) is -0.824. The van der Waals surface area contributed by atoms with E-state index in [4.69, 9.17) is 14.7 Å². The molecule has 2 unspecified atom stereocenters. The number of aldehydes is 1. The number of aliphatic hydroxyl groups excluding tert-OH is 1. The molecule has 8 heteroatoms. The van der Waals surface area contributed by atoms with Gasteiger partial charge in [-0.05, 0) is 51.0 Å². The fourth-order valence-electron chi connectivity index (χ4n) is 3.09. The molecule has 0 aromatic rings. The zero-order valence-electron chi connectivity index (χ0n) is 21.7. The summed E-state index contributed by atoms with van der Waals surface area (Å²) >= 11 is 0. The smallest absolute Gasteiger partial charge is 0.323 e. The van der Waals surface area contributed by atoms with Crippen molar-refractivity contribution in [2.75, 3.05) is 13.7 Å². The van der Waals surface area contributed by atoms with Gasteiger partial charge in [-0.15, -0.1) is 0 Å². The second-order valence-corrected chi connectivity index (χ2v) is 12.2. The molecule has 7 nitrogen and oxygen atoms in total. The number of aliphatic hydroxyl groups is 1. The number of carbonyl (C=O) groups is 2. The first-order valence-electron chi connectivity index (χ1n) is 11.1. The second kappa shape index (κ2) is 17.9. The van der Waals surface area contributed by atoms with Gasteiger partial charge in [-0.2, -0.15) is 0 Å². The topological polar surface area (TPSA) is 116 Å². The average molecular weight is 468 g/mol. The molecule has 0 fully saturated rings. The summed E-state index contributed by atoms with van der Waals surface area (Å²) in [5, 5.41) is 18.8. The van der Waals surface area contributed by atoms with Crippen molar-refractivity contribution in [1.29, 1.82) is 0 Å². The van der Waals surface area contributed by atoms with Crippen LogP contribution in [-0.4, -0.2) is 58.3 Å². The van der Waals surface area contributed by atoms with Crippen LogP contribution in [0.2, 0.25) is 0 Å². The van der Waals surface area contributed by atoms with E-state index >= 15 is 0 Å². The van der Waals surface area contributed by atoms with Gasteiger partial charge in [-0.25, -0.2) is 0 Å². The Morgan fingerprint density at radius 1 is 1.03 bits per heavy atom. The normalized spacial score (nSPS) is 13.8. The molecule has 0 heterocycles. The van der Waals surface area contributed by atoms with Gasteiger partial charge in [0.1, 0.15) is 12.3 Å². The average Bonchev–Trinajstić information content (AvgIpc) is 2.53. The third kappa shape index (κ3) is 23.9. The number of carbonyl (C=O) groups excluding carboxylic acids is 1. The maximum Gasteiger partial charge on any atom is 0.323 e. The SMILES string of the molecule is CC(C)CC(C)(C)CC=O.CC(C)CC(C)(C)OP(O)C(C)C.CNC(CO)C(=O)O. The molecule has 0 aliphatic carbocycles. The molecule has 0 aromatic heterocycles. The predicted molar refractivity (Wildman–Crippen MR) is 130 cm³/mol. The summed E-state index contributed by atoms with van der Waals surface area (Å²) in [5.74, 6) is 0.260. The van der Waals surface area contributed by atoms with Gasteiger partial charge < -0.3 is 29.7 Å². The first-order valence-corrected chi connectivity index (χ1v) is 12.3. The number of nitrogens with one attached hydrogen (secondary N) is 1. The first-order chi connectivity index (χ1) is 13.9. The minimum absolute atomic E-state index is 0.196. The van der Waals surface area contributed by atoms with E-state index in [1.165, 1.54) is 7.05 Å². The van der Waals surface area contributed by atoms with Crippen LogP contribution in [0.5, 0.6) is 0 Å². The van der Waals surface area contributed by atoms with E-state index in [1.54, 1.807) is 0 Å². The number of carboxylic acids is 1. The van der Waals surface area contributed by atoms with Crippen LogP contribution in [0.1, 0.15) is 88.5 Å². The maximum atomic E-state index is 10.2. The Hall–Kier alpha value is -0.590. The lowest BCUT2D eigenvalue weighted by Gasteiger charge is -2.30. The molecule has 0 saturated carbocycles. The first kappa shape index (κ1) is 35.0. The molecule has 2 atom stereocenters. The zero-order valence-corrected chi connectivity index (χ0v) is 22.6. The highest BCUT2D eigenvalue weighted by molar-refractivity contribution is 7.47. The molecule has 0 aromatic carbocycles. The Morgan fingerprint density at radius 3 is 1.71 bits per heavy atom. The summed E-state index contributed by atoms with van der Waals surface area (Å²) in [6.45, 7) is 20.7. The quantitative estimate of drug-likeness (QED) is 0.240. The van der Waals surface area contributed by atoms with Crippen molar-refractivity contribution >= 4 is 20.6 Å². The lowest BCUT2D eigenvalue weighted by atomic mass is 9.82. The minimum Gasteiger partial charge on any atom is -0.480 e. The fraction of sp³-hybridized carbons (Fsp3) is 0.913. The molecule has 188 valence electrons. The van der Waals surface area contributed by atoms with Crippen LogP contribution in [0.3, 0.4) is 0 Å². The van der Waals surface area contributed by atoms with E-state index in [9.17, 15) is 14.5 Å². The standard InChI is InChI=1S/C10H23O2P.C9H18O.C4H9NO3/c1-8(2)7-10(5,6)12-13(11)9(3)4;1-8(2)7-9(3,4)5-6-10;1-5-3(2-6)4(7)8/h8-9,11H,7H2,1-6H3;6,8H,5,7H2,1-4H3;3,5-6H,2H2,1H3,(H,7,8). The molecule has 0 aliphatic heterocycles. The Morgan fingerprint density at radius 2 is 1.48 bits per heavy atom. The lowest BCUT2D eigenvalue weighted by Crippen LogP contribution is -2.36. The molecule has 4 N–H and O–H groups in total. The largest absolute Gasteiger partial charge is 0.480 e. The van der Waals surface area contributed by atoms with Crippen molar-refractivity contribution in [3.05, 3.63) is 0 Å². The minimum atomic E-state index is -1.26. The molecular formula is C23H50NO6P. The molecular weight excluding hydrogens is 417 g/mol. The van der Waals surface area contributed by atoms with Gasteiger partial charge in [0.05, 0.1) is 12.2 Å². The van der Waals surface area contributed by atoms with Crippen molar-refractivity contribution in [3.8, 4) is 0 Å². The van der Waals surface area contributed by atoms with Crippen LogP contribution in [0.15, 0.2) is 0 Å². The van der Waals surface area contributed by atoms with Crippen molar-refractivity contribution < 1.29 is 29.2 Å². The molecule has 0 spiro atoms. The number of rotatable bonds is 12. The summed E-state index contributed by atoms with van der Waals surface area (Å²) in [5.41, 5.74) is 0.232.